The van der Waals surface area contributed by atoms with Crippen molar-refractivity contribution in [2.45, 2.75) is 26.8 Å². The van der Waals surface area contributed by atoms with Crippen LogP contribution in [0.1, 0.15) is 26.0 Å². The Kier molecular flexibility index (Phi) is 4.46. The highest BCUT2D eigenvalue weighted by Crippen LogP contribution is 2.11. The zero-order chi connectivity index (χ0) is 10.4. The summed E-state index contributed by atoms with van der Waals surface area (Å²) in [5.41, 5.74) is 0.963. The molecule has 0 aliphatic rings. The van der Waals surface area contributed by atoms with Crippen molar-refractivity contribution in [2.24, 2.45) is 0 Å². The molecule has 0 aliphatic heterocycles. The first-order valence-electron chi connectivity index (χ1n) is 5.14. The van der Waals surface area contributed by atoms with Gasteiger partial charge in [0.25, 0.3) is 6.01 Å². The Morgan fingerprint density at radius 3 is 2.93 bits per heavy atom. The molecule has 0 atom stereocenters. The largest absolute Gasteiger partial charge is 0.432 e. The lowest BCUT2D eigenvalue weighted by Gasteiger charge is -2.11. The summed E-state index contributed by atoms with van der Waals surface area (Å²) in [4.78, 5) is 6.39. The summed E-state index contributed by atoms with van der Waals surface area (Å²) < 4.78 is 5.35. The van der Waals surface area contributed by atoms with Crippen LogP contribution in [0.3, 0.4) is 0 Å². The van der Waals surface area contributed by atoms with Crippen molar-refractivity contribution in [2.75, 3.05) is 25.0 Å². The maximum absolute atomic E-state index is 5.35. The second-order valence-corrected chi connectivity index (χ2v) is 3.32. The van der Waals surface area contributed by atoms with Crippen molar-refractivity contribution in [1.82, 2.24) is 10.3 Å². The predicted molar refractivity (Wildman–Crippen MR) is 57.4 cm³/mol. The monoisotopic (exact) mass is 197 g/mol. The molecule has 0 fully saturated rings. The minimum absolute atomic E-state index is 0.708. The maximum atomic E-state index is 5.35. The van der Waals surface area contributed by atoms with Gasteiger partial charge in [0.2, 0.25) is 0 Å². The van der Waals surface area contributed by atoms with Gasteiger partial charge in [-0.25, -0.2) is 0 Å². The van der Waals surface area contributed by atoms with E-state index in [1.165, 1.54) is 0 Å². The van der Waals surface area contributed by atoms with Crippen LogP contribution in [0.4, 0.5) is 6.01 Å². The Morgan fingerprint density at radius 2 is 2.29 bits per heavy atom. The molecule has 14 heavy (non-hydrogen) atoms. The molecular weight excluding hydrogens is 178 g/mol. The molecule has 1 N–H and O–H groups in total. The van der Waals surface area contributed by atoms with Gasteiger partial charge < -0.3 is 14.6 Å². The number of oxazole rings is 1. The van der Waals surface area contributed by atoms with Gasteiger partial charge in [0.05, 0.1) is 5.69 Å². The zero-order valence-electron chi connectivity index (χ0n) is 9.21. The lowest BCUT2D eigenvalue weighted by Crippen LogP contribution is -2.18. The van der Waals surface area contributed by atoms with Gasteiger partial charge in [-0.05, 0) is 13.0 Å². The van der Waals surface area contributed by atoms with E-state index in [-0.39, 0.29) is 0 Å². The van der Waals surface area contributed by atoms with Crippen LogP contribution in [0.2, 0.25) is 0 Å². The molecule has 0 aliphatic carbocycles. The van der Waals surface area contributed by atoms with Crippen molar-refractivity contribution in [1.29, 1.82) is 0 Å². The van der Waals surface area contributed by atoms with E-state index in [1.807, 2.05) is 11.9 Å². The number of nitrogens with one attached hydrogen (secondary N) is 1. The molecule has 0 radical (unpaired) electrons. The van der Waals surface area contributed by atoms with E-state index in [9.17, 15) is 0 Å². The molecule has 4 nitrogen and oxygen atoms in total. The fourth-order valence-electron chi connectivity index (χ4n) is 1.24. The highest BCUT2D eigenvalue weighted by Gasteiger charge is 2.07. The first-order chi connectivity index (χ1) is 6.77. The van der Waals surface area contributed by atoms with Crippen LogP contribution in [0, 0.1) is 0 Å². The number of hydrogen-bond acceptors (Lipinski definition) is 4. The summed E-state index contributed by atoms with van der Waals surface area (Å²) >= 11 is 0. The van der Waals surface area contributed by atoms with Gasteiger partial charge in [0.1, 0.15) is 6.26 Å². The molecule has 0 bridgehead atoms. The second kappa shape index (κ2) is 5.65. The van der Waals surface area contributed by atoms with Crippen molar-refractivity contribution in [3.8, 4) is 0 Å². The lowest BCUT2D eigenvalue weighted by atomic mass is 10.4. The fraction of sp³-hybridized carbons (Fsp3) is 0.700. The van der Waals surface area contributed by atoms with Crippen molar-refractivity contribution < 1.29 is 4.42 Å². The average Bonchev–Trinajstić information content (AvgIpc) is 2.63. The summed E-state index contributed by atoms with van der Waals surface area (Å²) in [6.07, 6.45) is 2.81. The Morgan fingerprint density at radius 1 is 1.50 bits per heavy atom. The van der Waals surface area contributed by atoms with E-state index >= 15 is 0 Å². The summed E-state index contributed by atoms with van der Waals surface area (Å²) in [5.74, 6) is 0. The van der Waals surface area contributed by atoms with Gasteiger partial charge in [0.15, 0.2) is 0 Å². The van der Waals surface area contributed by atoms with Crippen molar-refractivity contribution in [3.05, 3.63) is 12.0 Å². The summed E-state index contributed by atoms with van der Waals surface area (Å²) in [6.45, 7) is 6.91. The Labute approximate surface area is 85.3 Å². The molecule has 4 heteroatoms. The molecule has 80 valence electrons. The third-order valence-electron chi connectivity index (χ3n) is 1.98. The van der Waals surface area contributed by atoms with Crippen molar-refractivity contribution in [3.63, 3.8) is 0 Å². The second-order valence-electron chi connectivity index (χ2n) is 3.32. The number of anilines is 1. The van der Waals surface area contributed by atoms with Gasteiger partial charge in [-0.15, -0.1) is 0 Å². The van der Waals surface area contributed by atoms with E-state index in [4.69, 9.17) is 4.42 Å². The summed E-state index contributed by atoms with van der Waals surface area (Å²) in [6, 6.07) is 0.708. The zero-order valence-corrected chi connectivity index (χ0v) is 9.21. The van der Waals surface area contributed by atoms with Crippen molar-refractivity contribution >= 4 is 6.01 Å². The van der Waals surface area contributed by atoms with Gasteiger partial charge in [-0.3, -0.25) is 0 Å². The van der Waals surface area contributed by atoms with Crippen LogP contribution >= 0.6 is 0 Å². The number of rotatable bonds is 6. The highest BCUT2D eigenvalue weighted by molar-refractivity contribution is 5.24. The predicted octanol–water partition coefficient (Wildman–Crippen LogP) is 1.63. The Balaban J connectivity index is 2.49. The highest BCUT2D eigenvalue weighted by atomic mass is 16.4. The lowest BCUT2D eigenvalue weighted by molar-refractivity contribution is 0.542. The molecule has 0 unspecified atom stereocenters. The maximum Gasteiger partial charge on any atom is 0.297 e. The summed E-state index contributed by atoms with van der Waals surface area (Å²) in [7, 11) is 1.99. The summed E-state index contributed by atoms with van der Waals surface area (Å²) in [5, 5.41) is 3.21. The fourth-order valence-corrected chi connectivity index (χ4v) is 1.24. The molecule has 1 aromatic heterocycles. The van der Waals surface area contributed by atoms with Crippen LogP contribution in [0.15, 0.2) is 10.7 Å². The standard InChI is InChI=1S/C10H19N3O/c1-4-6-13(3)10-12-9(8-14-10)7-11-5-2/h8,11H,4-7H2,1-3H3. The van der Waals surface area contributed by atoms with Gasteiger partial charge >= 0.3 is 0 Å². The third-order valence-corrected chi connectivity index (χ3v) is 1.98. The van der Waals surface area contributed by atoms with Crippen LogP contribution in [0.25, 0.3) is 0 Å². The molecule has 1 heterocycles. The first-order valence-corrected chi connectivity index (χ1v) is 5.14. The molecule has 0 aromatic carbocycles. The quantitative estimate of drug-likeness (QED) is 0.752. The van der Waals surface area contributed by atoms with Crippen LogP contribution in [-0.4, -0.2) is 25.1 Å². The third kappa shape index (κ3) is 3.03. The number of nitrogens with zero attached hydrogens (tertiary/aromatic N) is 2. The minimum Gasteiger partial charge on any atom is -0.432 e. The minimum atomic E-state index is 0.708. The molecule has 1 aromatic rings. The molecular formula is C10H19N3O. The smallest absolute Gasteiger partial charge is 0.297 e. The first kappa shape index (κ1) is 11.0. The van der Waals surface area contributed by atoms with Crippen LogP contribution in [-0.2, 0) is 6.54 Å². The van der Waals surface area contributed by atoms with E-state index in [0.29, 0.717) is 6.01 Å². The number of aromatic nitrogens is 1. The normalized spacial score (nSPS) is 10.5. The molecule has 0 spiro atoms. The van der Waals surface area contributed by atoms with Crippen LogP contribution < -0.4 is 10.2 Å². The van der Waals surface area contributed by atoms with E-state index in [1.54, 1.807) is 6.26 Å². The topological polar surface area (TPSA) is 41.3 Å². The van der Waals surface area contributed by atoms with Crippen LogP contribution in [0.5, 0.6) is 0 Å². The molecule has 0 saturated carbocycles. The molecule has 0 saturated heterocycles. The molecule has 0 amide bonds. The van der Waals surface area contributed by atoms with E-state index in [2.05, 4.69) is 24.1 Å². The Hall–Kier alpha value is -1.03. The van der Waals surface area contributed by atoms with Gasteiger partial charge in [0, 0.05) is 20.1 Å². The molecule has 1 rings (SSSR count). The van der Waals surface area contributed by atoms with E-state index < -0.39 is 0 Å². The SMILES string of the molecule is CCCN(C)c1nc(CNCC)co1. The number of hydrogen-bond donors (Lipinski definition) is 1. The van der Waals surface area contributed by atoms with E-state index in [0.717, 1.165) is 31.7 Å². The van der Waals surface area contributed by atoms with Gasteiger partial charge in [-0.2, -0.15) is 4.98 Å². The average molecular weight is 197 g/mol. The Bertz CT molecular complexity index is 260. The van der Waals surface area contributed by atoms with Gasteiger partial charge in [-0.1, -0.05) is 13.8 Å².